The number of anilines is 1. The van der Waals surface area contributed by atoms with Crippen molar-refractivity contribution in [2.75, 3.05) is 5.32 Å². The summed E-state index contributed by atoms with van der Waals surface area (Å²) in [5.74, 6) is -2.31. The number of amides is 1. The smallest absolute Gasteiger partial charge is 0.303 e. The number of H-pyrrole nitrogens is 1. The van der Waals surface area contributed by atoms with Crippen molar-refractivity contribution in [1.82, 2.24) is 10.2 Å². The molecule has 0 bridgehead atoms. The SMILES string of the molecule is O=C(O)CCC(=O)Nc1cc(Cc2n[nH]c(=O)c3ccccc23)ccc1F. The summed E-state index contributed by atoms with van der Waals surface area (Å²) in [5.41, 5.74) is 0.964. The van der Waals surface area contributed by atoms with Gasteiger partial charge >= 0.3 is 5.97 Å². The largest absolute Gasteiger partial charge is 0.481 e. The van der Waals surface area contributed by atoms with Gasteiger partial charge < -0.3 is 10.4 Å². The van der Waals surface area contributed by atoms with Crippen LogP contribution < -0.4 is 10.9 Å². The van der Waals surface area contributed by atoms with Crippen molar-refractivity contribution in [2.24, 2.45) is 0 Å². The Morgan fingerprint density at radius 1 is 1.11 bits per heavy atom. The van der Waals surface area contributed by atoms with Gasteiger partial charge in [0, 0.05) is 18.2 Å². The third-order valence-corrected chi connectivity index (χ3v) is 4.02. The number of aromatic nitrogens is 2. The Kier molecular flexibility index (Phi) is 5.25. The summed E-state index contributed by atoms with van der Waals surface area (Å²) in [5, 5.41) is 18.7. The van der Waals surface area contributed by atoms with E-state index in [4.69, 9.17) is 5.11 Å². The van der Waals surface area contributed by atoms with E-state index in [-0.39, 0.29) is 24.1 Å². The summed E-state index contributed by atoms with van der Waals surface area (Å²) in [6, 6.07) is 11.3. The van der Waals surface area contributed by atoms with Crippen molar-refractivity contribution in [3.63, 3.8) is 0 Å². The van der Waals surface area contributed by atoms with Crippen molar-refractivity contribution in [2.45, 2.75) is 19.3 Å². The summed E-state index contributed by atoms with van der Waals surface area (Å²) >= 11 is 0. The third-order valence-electron chi connectivity index (χ3n) is 4.02. The molecule has 1 heterocycles. The fourth-order valence-electron chi connectivity index (χ4n) is 2.71. The van der Waals surface area contributed by atoms with E-state index in [0.29, 0.717) is 28.5 Å². The fourth-order valence-corrected chi connectivity index (χ4v) is 2.71. The number of carboxylic acid groups (broad SMARTS) is 1. The Labute approximate surface area is 152 Å². The highest BCUT2D eigenvalue weighted by Gasteiger charge is 2.12. The number of carbonyl (C=O) groups is 2. The van der Waals surface area contributed by atoms with Crippen LogP contribution in [0.15, 0.2) is 47.3 Å². The van der Waals surface area contributed by atoms with E-state index >= 15 is 0 Å². The minimum atomic E-state index is -1.10. The first-order valence-corrected chi connectivity index (χ1v) is 8.20. The van der Waals surface area contributed by atoms with Gasteiger partial charge in [-0.05, 0) is 23.8 Å². The Balaban J connectivity index is 1.85. The number of nitrogens with zero attached hydrogens (tertiary/aromatic N) is 1. The molecule has 0 fully saturated rings. The number of fused-ring (bicyclic) bond motifs is 1. The Bertz CT molecular complexity index is 1080. The molecule has 1 aromatic heterocycles. The maximum absolute atomic E-state index is 14.0. The molecule has 3 aromatic rings. The fraction of sp³-hybridized carbons (Fsp3) is 0.158. The second kappa shape index (κ2) is 7.77. The molecule has 138 valence electrons. The van der Waals surface area contributed by atoms with Crippen LogP contribution in [0.25, 0.3) is 10.8 Å². The molecule has 3 rings (SSSR count). The number of carboxylic acids is 1. The van der Waals surface area contributed by atoms with Gasteiger partial charge in [-0.2, -0.15) is 5.10 Å². The maximum Gasteiger partial charge on any atom is 0.303 e. The van der Waals surface area contributed by atoms with Crippen molar-refractivity contribution in [1.29, 1.82) is 0 Å². The normalized spacial score (nSPS) is 10.7. The standard InChI is InChI=1S/C19H16FN3O4/c20-14-6-5-11(10-16(14)21-17(24)7-8-18(25)26)9-15-12-3-1-2-4-13(12)19(27)23-22-15/h1-6,10H,7-9H2,(H,21,24)(H,23,27)(H,25,26). The lowest BCUT2D eigenvalue weighted by atomic mass is 10.0. The van der Waals surface area contributed by atoms with Gasteiger partial charge in [0.15, 0.2) is 0 Å². The molecule has 2 aromatic carbocycles. The molecule has 0 atom stereocenters. The number of aromatic amines is 1. The number of rotatable bonds is 6. The van der Waals surface area contributed by atoms with Gasteiger partial charge in [-0.1, -0.05) is 24.3 Å². The first-order chi connectivity index (χ1) is 12.9. The predicted molar refractivity (Wildman–Crippen MR) is 97.1 cm³/mol. The van der Waals surface area contributed by atoms with Gasteiger partial charge in [0.25, 0.3) is 5.56 Å². The summed E-state index contributed by atoms with van der Waals surface area (Å²) in [7, 11) is 0. The Morgan fingerprint density at radius 2 is 1.85 bits per heavy atom. The maximum atomic E-state index is 14.0. The van der Waals surface area contributed by atoms with E-state index in [9.17, 15) is 18.8 Å². The molecular weight excluding hydrogens is 353 g/mol. The molecule has 0 aliphatic rings. The van der Waals surface area contributed by atoms with Crippen LogP contribution in [0.5, 0.6) is 0 Å². The van der Waals surface area contributed by atoms with Crippen LogP contribution in [0.3, 0.4) is 0 Å². The zero-order valence-corrected chi connectivity index (χ0v) is 14.2. The van der Waals surface area contributed by atoms with Gasteiger partial charge in [0.05, 0.1) is 23.2 Å². The van der Waals surface area contributed by atoms with Gasteiger partial charge in [-0.15, -0.1) is 0 Å². The minimum Gasteiger partial charge on any atom is -0.481 e. The Morgan fingerprint density at radius 3 is 2.59 bits per heavy atom. The predicted octanol–water partition coefficient (Wildman–Crippen LogP) is 2.46. The zero-order chi connectivity index (χ0) is 19.4. The van der Waals surface area contributed by atoms with Crippen LogP contribution >= 0.6 is 0 Å². The molecule has 27 heavy (non-hydrogen) atoms. The van der Waals surface area contributed by atoms with E-state index in [0.717, 1.165) is 0 Å². The number of hydrogen-bond acceptors (Lipinski definition) is 4. The number of halogens is 1. The molecular formula is C19H16FN3O4. The van der Waals surface area contributed by atoms with Crippen LogP contribution in [0.1, 0.15) is 24.1 Å². The lowest BCUT2D eigenvalue weighted by molar-refractivity contribution is -0.138. The Hall–Kier alpha value is -3.55. The number of benzene rings is 2. The number of nitrogens with one attached hydrogen (secondary N) is 2. The number of aliphatic carboxylic acids is 1. The van der Waals surface area contributed by atoms with Crippen molar-refractivity contribution in [3.8, 4) is 0 Å². The molecule has 0 spiro atoms. The molecule has 0 aliphatic carbocycles. The average Bonchev–Trinajstić information content (AvgIpc) is 2.65. The molecule has 7 nitrogen and oxygen atoms in total. The molecule has 0 unspecified atom stereocenters. The molecule has 0 radical (unpaired) electrons. The molecule has 8 heteroatoms. The van der Waals surface area contributed by atoms with Crippen LogP contribution in [-0.2, 0) is 16.0 Å². The van der Waals surface area contributed by atoms with Crippen LogP contribution in [0, 0.1) is 5.82 Å². The van der Waals surface area contributed by atoms with Crippen molar-refractivity contribution < 1.29 is 19.1 Å². The second-order valence-electron chi connectivity index (χ2n) is 5.98. The first kappa shape index (κ1) is 18.2. The average molecular weight is 369 g/mol. The molecule has 1 amide bonds. The molecule has 3 N–H and O–H groups in total. The first-order valence-electron chi connectivity index (χ1n) is 8.20. The summed E-state index contributed by atoms with van der Waals surface area (Å²) in [6.07, 6.45) is -0.263. The lowest BCUT2D eigenvalue weighted by Crippen LogP contribution is -2.14. The van der Waals surface area contributed by atoms with E-state index in [1.165, 1.54) is 12.1 Å². The summed E-state index contributed by atoms with van der Waals surface area (Å²) in [4.78, 5) is 34.1. The topological polar surface area (TPSA) is 112 Å². The van der Waals surface area contributed by atoms with E-state index in [1.807, 2.05) is 0 Å². The van der Waals surface area contributed by atoms with E-state index in [1.54, 1.807) is 30.3 Å². The van der Waals surface area contributed by atoms with Gasteiger partial charge in [-0.3, -0.25) is 14.4 Å². The molecule has 0 aliphatic heterocycles. The number of carbonyl (C=O) groups excluding carboxylic acids is 1. The minimum absolute atomic E-state index is 0.0309. The third kappa shape index (κ3) is 4.35. The van der Waals surface area contributed by atoms with E-state index < -0.39 is 17.7 Å². The van der Waals surface area contributed by atoms with Gasteiger partial charge in [0.1, 0.15) is 5.82 Å². The summed E-state index contributed by atoms with van der Waals surface area (Å²) in [6.45, 7) is 0. The second-order valence-corrected chi connectivity index (χ2v) is 5.98. The molecule has 0 saturated carbocycles. The van der Waals surface area contributed by atoms with Crippen LogP contribution in [0.2, 0.25) is 0 Å². The van der Waals surface area contributed by atoms with Crippen LogP contribution in [0.4, 0.5) is 10.1 Å². The van der Waals surface area contributed by atoms with Gasteiger partial charge in [0.2, 0.25) is 5.91 Å². The lowest BCUT2D eigenvalue weighted by Gasteiger charge is -2.09. The number of hydrogen-bond donors (Lipinski definition) is 3. The van der Waals surface area contributed by atoms with Gasteiger partial charge in [-0.25, -0.2) is 9.49 Å². The highest BCUT2D eigenvalue weighted by atomic mass is 19.1. The highest BCUT2D eigenvalue weighted by molar-refractivity contribution is 5.92. The summed E-state index contributed by atoms with van der Waals surface area (Å²) < 4.78 is 14.0. The van der Waals surface area contributed by atoms with Crippen molar-refractivity contribution >= 4 is 28.3 Å². The highest BCUT2D eigenvalue weighted by Crippen LogP contribution is 2.21. The van der Waals surface area contributed by atoms with E-state index in [2.05, 4.69) is 15.5 Å². The van der Waals surface area contributed by atoms with Crippen molar-refractivity contribution in [3.05, 3.63) is 69.9 Å². The quantitative estimate of drug-likeness (QED) is 0.618. The molecule has 0 saturated heterocycles. The van der Waals surface area contributed by atoms with Crippen LogP contribution in [-0.4, -0.2) is 27.2 Å². The monoisotopic (exact) mass is 369 g/mol. The zero-order valence-electron chi connectivity index (χ0n) is 14.2.